The summed E-state index contributed by atoms with van der Waals surface area (Å²) in [7, 11) is 0. The van der Waals surface area contributed by atoms with Crippen LogP contribution in [0.1, 0.15) is 23.3 Å². The summed E-state index contributed by atoms with van der Waals surface area (Å²) in [5.74, 6) is 0.0508. The average Bonchev–Trinajstić information content (AvgIpc) is 3.09. The van der Waals surface area contributed by atoms with Crippen molar-refractivity contribution < 1.29 is 9.90 Å². The molecule has 4 nitrogen and oxygen atoms in total. The number of nitrogens with zero attached hydrogens (tertiary/aromatic N) is 1. The normalized spacial score (nSPS) is 16.9. The van der Waals surface area contributed by atoms with Crippen LogP contribution in [0.15, 0.2) is 18.2 Å². The van der Waals surface area contributed by atoms with Gasteiger partial charge in [0.15, 0.2) is 0 Å². The largest absolute Gasteiger partial charge is 0.391 e. The minimum Gasteiger partial charge on any atom is -0.391 e. The van der Waals surface area contributed by atoms with Crippen LogP contribution in [0.4, 0.5) is 0 Å². The molecular formula is C11H13ClN2O2. The fraction of sp³-hybridized carbons (Fsp3) is 0.455. The Hall–Kier alpha value is -1.13. The molecule has 1 aromatic heterocycles. The van der Waals surface area contributed by atoms with E-state index in [1.54, 1.807) is 18.2 Å². The standard InChI is InChI=1S/C11H13ClN2O2/c12-10-3-1-2-8(14-10)11(16)13-6-9(15)7-4-5-7/h1-3,7,9,15H,4-6H2,(H,13,16). The number of carbonyl (C=O) groups is 1. The molecule has 1 aliphatic carbocycles. The van der Waals surface area contributed by atoms with Crippen molar-refractivity contribution in [1.29, 1.82) is 0 Å². The molecule has 1 unspecified atom stereocenters. The van der Waals surface area contributed by atoms with Crippen molar-refractivity contribution in [3.05, 3.63) is 29.0 Å². The van der Waals surface area contributed by atoms with Gasteiger partial charge in [0.2, 0.25) is 0 Å². The third-order valence-corrected chi connectivity index (χ3v) is 2.80. The third-order valence-electron chi connectivity index (χ3n) is 2.59. The molecule has 1 atom stereocenters. The molecule has 1 heterocycles. The van der Waals surface area contributed by atoms with E-state index >= 15 is 0 Å². The fourth-order valence-corrected chi connectivity index (χ4v) is 1.63. The lowest BCUT2D eigenvalue weighted by molar-refractivity contribution is 0.0896. The lowest BCUT2D eigenvalue weighted by Crippen LogP contribution is -2.33. The van der Waals surface area contributed by atoms with Crippen molar-refractivity contribution in [2.24, 2.45) is 5.92 Å². The van der Waals surface area contributed by atoms with E-state index in [0.717, 1.165) is 12.8 Å². The molecule has 0 aliphatic heterocycles. The number of pyridine rings is 1. The molecule has 2 rings (SSSR count). The highest BCUT2D eigenvalue weighted by atomic mass is 35.5. The molecule has 5 heteroatoms. The Labute approximate surface area is 98.6 Å². The molecule has 2 N–H and O–H groups in total. The van der Waals surface area contributed by atoms with Gasteiger partial charge in [-0.1, -0.05) is 17.7 Å². The summed E-state index contributed by atoms with van der Waals surface area (Å²) in [6.45, 7) is 0.275. The van der Waals surface area contributed by atoms with E-state index in [1.165, 1.54) is 0 Å². The first-order valence-corrected chi connectivity index (χ1v) is 5.63. The molecular weight excluding hydrogens is 228 g/mol. The molecule has 0 radical (unpaired) electrons. The SMILES string of the molecule is O=C(NCC(O)C1CC1)c1cccc(Cl)n1. The maximum absolute atomic E-state index is 11.6. The van der Waals surface area contributed by atoms with Crippen LogP contribution >= 0.6 is 11.6 Å². The van der Waals surface area contributed by atoms with Gasteiger partial charge in [0.25, 0.3) is 5.91 Å². The maximum Gasteiger partial charge on any atom is 0.270 e. The Morgan fingerprint density at radius 3 is 3.00 bits per heavy atom. The number of nitrogens with one attached hydrogen (secondary N) is 1. The number of aliphatic hydroxyl groups excluding tert-OH is 1. The summed E-state index contributed by atoms with van der Waals surface area (Å²) < 4.78 is 0. The first-order valence-electron chi connectivity index (χ1n) is 5.25. The Balaban J connectivity index is 1.87. The highest BCUT2D eigenvalue weighted by Gasteiger charge is 2.29. The topological polar surface area (TPSA) is 62.2 Å². The van der Waals surface area contributed by atoms with Gasteiger partial charge >= 0.3 is 0 Å². The van der Waals surface area contributed by atoms with Gasteiger partial charge in [-0.3, -0.25) is 4.79 Å². The molecule has 1 aromatic rings. The van der Waals surface area contributed by atoms with Crippen molar-refractivity contribution in [3.8, 4) is 0 Å². The van der Waals surface area contributed by atoms with Crippen molar-refractivity contribution >= 4 is 17.5 Å². The number of aromatic nitrogens is 1. The second-order valence-electron chi connectivity index (χ2n) is 3.96. The summed E-state index contributed by atoms with van der Waals surface area (Å²) in [6.07, 6.45) is 1.65. The molecule has 16 heavy (non-hydrogen) atoms. The minimum absolute atomic E-state index is 0.274. The van der Waals surface area contributed by atoms with Gasteiger partial charge in [-0.2, -0.15) is 0 Å². The van der Waals surface area contributed by atoms with Gasteiger partial charge in [0, 0.05) is 6.54 Å². The molecule has 1 aliphatic rings. The van der Waals surface area contributed by atoms with Gasteiger partial charge in [-0.15, -0.1) is 0 Å². The lowest BCUT2D eigenvalue weighted by atomic mass is 10.2. The summed E-state index contributed by atoms with van der Waals surface area (Å²) in [4.78, 5) is 15.5. The minimum atomic E-state index is -0.442. The quantitative estimate of drug-likeness (QED) is 0.779. The van der Waals surface area contributed by atoms with Gasteiger partial charge in [-0.05, 0) is 30.9 Å². The predicted molar refractivity (Wildman–Crippen MR) is 60.3 cm³/mol. The van der Waals surface area contributed by atoms with Crippen LogP contribution in [0.25, 0.3) is 0 Å². The Morgan fingerprint density at radius 1 is 1.62 bits per heavy atom. The monoisotopic (exact) mass is 240 g/mol. The summed E-state index contributed by atoms with van der Waals surface area (Å²) >= 11 is 5.67. The second-order valence-corrected chi connectivity index (χ2v) is 4.35. The summed E-state index contributed by atoms with van der Waals surface area (Å²) in [5.41, 5.74) is 0.274. The Bertz CT molecular complexity index is 393. The molecule has 1 saturated carbocycles. The van der Waals surface area contributed by atoms with Crippen molar-refractivity contribution in [2.75, 3.05) is 6.54 Å². The van der Waals surface area contributed by atoms with Crippen LogP contribution in [-0.4, -0.2) is 28.6 Å². The molecule has 0 bridgehead atoms. The molecule has 0 aromatic carbocycles. The maximum atomic E-state index is 11.6. The van der Waals surface area contributed by atoms with Crippen molar-refractivity contribution in [1.82, 2.24) is 10.3 Å². The number of halogens is 1. The molecule has 0 saturated heterocycles. The molecule has 86 valence electrons. The van der Waals surface area contributed by atoms with Crippen LogP contribution in [-0.2, 0) is 0 Å². The van der Waals surface area contributed by atoms with Crippen LogP contribution < -0.4 is 5.32 Å². The van der Waals surface area contributed by atoms with Gasteiger partial charge in [0.05, 0.1) is 6.10 Å². The van der Waals surface area contributed by atoms with Gasteiger partial charge in [0.1, 0.15) is 10.8 Å². The van der Waals surface area contributed by atoms with Crippen molar-refractivity contribution in [3.63, 3.8) is 0 Å². The van der Waals surface area contributed by atoms with Crippen molar-refractivity contribution in [2.45, 2.75) is 18.9 Å². The number of rotatable bonds is 4. The zero-order valence-corrected chi connectivity index (χ0v) is 9.44. The smallest absolute Gasteiger partial charge is 0.270 e. The number of amides is 1. The zero-order chi connectivity index (χ0) is 11.5. The zero-order valence-electron chi connectivity index (χ0n) is 8.69. The van der Waals surface area contributed by atoms with Gasteiger partial charge < -0.3 is 10.4 Å². The highest BCUT2D eigenvalue weighted by Crippen LogP contribution is 2.32. The number of aliphatic hydroxyl groups is 1. The second kappa shape index (κ2) is 4.80. The Morgan fingerprint density at radius 2 is 2.38 bits per heavy atom. The van der Waals surface area contributed by atoms with Crippen LogP contribution in [0, 0.1) is 5.92 Å². The van der Waals surface area contributed by atoms with Crippen LogP contribution in [0.2, 0.25) is 5.15 Å². The fourth-order valence-electron chi connectivity index (χ4n) is 1.47. The third kappa shape index (κ3) is 2.93. The summed E-state index contributed by atoms with van der Waals surface area (Å²) in [6, 6.07) is 4.86. The van der Waals surface area contributed by atoms with E-state index in [2.05, 4.69) is 10.3 Å². The van der Waals surface area contributed by atoms with E-state index in [4.69, 9.17) is 11.6 Å². The average molecular weight is 241 g/mol. The highest BCUT2D eigenvalue weighted by molar-refractivity contribution is 6.29. The Kier molecular flexibility index (Phi) is 3.41. The number of hydrogen-bond donors (Lipinski definition) is 2. The molecule has 1 fully saturated rings. The molecule has 1 amide bonds. The van der Waals surface area contributed by atoms with E-state index in [-0.39, 0.29) is 23.3 Å². The van der Waals surface area contributed by atoms with E-state index < -0.39 is 6.10 Å². The van der Waals surface area contributed by atoms with E-state index in [0.29, 0.717) is 5.92 Å². The van der Waals surface area contributed by atoms with Crippen LogP contribution in [0.3, 0.4) is 0 Å². The summed E-state index contributed by atoms with van der Waals surface area (Å²) in [5, 5.41) is 12.5. The first-order chi connectivity index (χ1) is 7.66. The lowest BCUT2D eigenvalue weighted by Gasteiger charge is -2.10. The predicted octanol–water partition coefficient (Wildman–Crippen LogP) is 1.24. The van der Waals surface area contributed by atoms with E-state index in [1.807, 2.05) is 0 Å². The first kappa shape index (κ1) is 11.4. The van der Waals surface area contributed by atoms with E-state index in [9.17, 15) is 9.90 Å². The number of carbonyl (C=O) groups excluding carboxylic acids is 1. The molecule has 0 spiro atoms. The number of hydrogen-bond acceptors (Lipinski definition) is 3. The van der Waals surface area contributed by atoms with Crippen LogP contribution in [0.5, 0.6) is 0 Å². The van der Waals surface area contributed by atoms with Gasteiger partial charge in [-0.25, -0.2) is 4.98 Å².